The summed E-state index contributed by atoms with van der Waals surface area (Å²) in [6, 6.07) is 7.62. The molecule has 20 heavy (non-hydrogen) atoms. The normalized spacial score (nSPS) is 11.8. The molecule has 0 saturated carbocycles. The molecule has 0 fully saturated rings. The lowest BCUT2D eigenvalue weighted by atomic mass is 10.3. The van der Waals surface area contributed by atoms with Gasteiger partial charge < -0.3 is 10.2 Å². The molecule has 4 nitrogen and oxygen atoms in total. The van der Waals surface area contributed by atoms with Gasteiger partial charge in [-0.25, -0.2) is 8.42 Å². The smallest absolute Gasteiger partial charge is 0.178 e. The summed E-state index contributed by atoms with van der Waals surface area (Å²) in [7, 11) is -1.10. The predicted molar refractivity (Wildman–Crippen MR) is 85.2 cm³/mol. The highest BCUT2D eigenvalue weighted by Crippen LogP contribution is 2.18. The quantitative estimate of drug-likeness (QED) is 0.800. The van der Waals surface area contributed by atoms with Crippen molar-refractivity contribution in [2.45, 2.75) is 38.1 Å². The molecule has 0 saturated heterocycles. The van der Waals surface area contributed by atoms with Gasteiger partial charge >= 0.3 is 0 Å². The number of benzene rings is 1. The summed E-state index contributed by atoms with van der Waals surface area (Å²) in [5.74, 6) is 0.209. The lowest BCUT2D eigenvalue weighted by Gasteiger charge is -2.20. The van der Waals surface area contributed by atoms with Crippen molar-refractivity contribution in [3.8, 4) is 0 Å². The molecular weight excluding hydrogens is 272 g/mol. The fourth-order valence-electron chi connectivity index (χ4n) is 1.94. The summed E-state index contributed by atoms with van der Waals surface area (Å²) in [5, 5.41) is 3.36. The van der Waals surface area contributed by atoms with E-state index in [0.717, 1.165) is 18.8 Å². The molecule has 114 valence electrons. The Labute approximate surface area is 123 Å². The summed E-state index contributed by atoms with van der Waals surface area (Å²) >= 11 is 0. The van der Waals surface area contributed by atoms with Crippen molar-refractivity contribution < 1.29 is 8.42 Å². The minimum Gasteiger partial charge on any atom is -0.373 e. The van der Waals surface area contributed by atoms with Gasteiger partial charge in [-0.3, -0.25) is 0 Å². The van der Waals surface area contributed by atoms with Crippen molar-refractivity contribution in [2.24, 2.45) is 0 Å². The van der Waals surface area contributed by atoms with Crippen LogP contribution in [0.3, 0.4) is 0 Å². The first kappa shape index (κ1) is 17.0. The molecule has 0 aliphatic carbocycles. The Hall–Kier alpha value is -1.07. The standard InChI is InChI=1S/C15H26N2O2S/c1-5-12-20(18,19)15-8-6-14(7-9-15)17(4)11-10-16-13(2)3/h6-9,13,16H,5,10-12H2,1-4H3. The minimum atomic E-state index is -3.11. The van der Waals surface area contributed by atoms with Gasteiger partial charge in [0.2, 0.25) is 0 Å². The zero-order valence-corrected chi connectivity index (χ0v) is 13.7. The second-order valence-electron chi connectivity index (χ2n) is 5.34. The average molecular weight is 298 g/mol. The number of sulfone groups is 1. The maximum Gasteiger partial charge on any atom is 0.178 e. The molecule has 0 unspecified atom stereocenters. The van der Waals surface area contributed by atoms with Crippen LogP contribution in [0.5, 0.6) is 0 Å². The molecule has 0 heterocycles. The van der Waals surface area contributed by atoms with Crippen LogP contribution in [-0.2, 0) is 9.84 Å². The van der Waals surface area contributed by atoms with Crippen LogP contribution in [0.2, 0.25) is 0 Å². The van der Waals surface area contributed by atoms with Gasteiger partial charge in [0.1, 0.15) is 0 Å². The van der Waals surface area contributed by atoms with Gasteiger partial charge in [0.15, 0.2) is 9.84 Å². The molecule has 0 radical (unpaired) electrons. The predicted octanol–water partition coefficient (Wildman–Crippen LogP) is 2.30. The Bertz CT molecular complexity index is 495. The molecule has 0 aromatic heterocycles. The van der Waals surface area contributed by atoms with Gasteiger partial charge in [-0.1, -0.05) is 20.8 Å². The van der Waals surface area contributed by atoms with Crippen LogP contribution in [0, 0.1) is 0 Å². The highest BCUT2D eigenvalue weighted by Gasteiger charge is 2.13. The maximum atomic E-state index is 11.9. The first-order valence-electron chi connectivity index (χ1n) is 7.14. The van der Waals surface area contributed by atoms with Crippen molar-refractivity contribution in [2.75, 3.05) is 30.8 Å². The first-order valence-corrected chi connectivity index (χ1v) is 8.79. The molecule has 0 atom stereocenters. The van der Waals surface area contributed by atoms with Crippen LogP contribution < -0.4 is 10.2 Å². The molecule has 0 bridgehead atoms. The number of hydrogen-bond donors (Lipinski definition) is 1. The van der Waals surface area contributed by atoms with Gasteiger partial charge in [0.05, 0.1) is 10.6 Å². The number of likely N-dealkylation sites (N-methyl/N-ethyl adjacent to an activating group) is 1. The van der Waals surface area contributed by atoms with Gasteiger partial charge in [0.25, 0.3) is 0 Å². The lowest BCUT2D eigenvalue weighted by molar-refractivity contribution is 0.589. The third-order valence-electron chi connectivity index (χ3n) is 3.11. The number of anilines is 1. The maximum absolute atomic E-state index is 11.9. The fourth-order valence-corrected chi connectivity index (χ4v) is 3.27. The molecule has 1 aromatic carbocycles. The topological polar surface area (TPSA) is 49.4 Å². The van der Waals surface area contributed by atoms with E-state index in [1.807, 2.05) is 26.1 Å². The number of nitrogens with zero attached hydrogens (tertiary/aromatic N) is 1. The molecule has 1 N–H and O–H groups in total. The first-order chi connectivity index (χ1) is 9.36. The van der Waals surface area contributed by atoms with Crippen molar-refractivity contribution in [1.82, 2.24) is 5.32 Å². The zero-order chi connectivity index (χ0) is 15.2. The summed E-state index contributed by atoms with van der Waals surface area (Å²) < 4.78 is 23.9. The molecule has 1 rings (SSSR count). The van der Waals surface area contributed by atoms with Crippen LogP contribution in [-0.4, -0.2) is 40.3 Å². The zero-order valence-electron chi connectivity index (χ0n) is 12.9. The van der Waals surface area contributed by atoms with Crippen LogP contribution in [0.15, 0.2) is 29.2 Å². The number of rotatable bonds is 8. The van der Waals surface area contributed by atoms with Crippen LogP contribution in [0.25, 0.3) is 0 Å². The Kier molecular flexibility index (Phi) is 6.49. The van der Waals surface area contributed by atoms with Gasteiger partial charge in [-0.05, 0) is 30.7 Å². The monoisotopic (exact) mass is 298 g/mol. The Balaban J connectivity index is 2.66. The fraction of sp³-hybridized carbons (Fsp3) is 0.600. The minimum absolute atomic E-state index is 0.209. The molecule has 5 heteroatoms. The largest absolute Gasteiger partial charge is 0.373 e. The van der Waals surface area contributed by atoms with E-state index in [0.29, 0.717) is 17.4 Å². The molecule has 0 aliphatic heterocycles. The molecule has 1 aromatic rings. The van der Waals surface area contributed by atoms with E-state index >= 15 is 0 Å². The highest BCUT2D eigenvalue weighted by atomic mass is 32.2. The number of hydrogen-bond acceptors (Lipinski definition) is 4. The van der Waals surface area contributed by atoms with Crippen LogP contribution in [0.4, 0.5) is 5.69 Å². The summed E-state index contributed by atoms with van der Waals surface area (Å²) in [6.07, 6.45) is 0.644. The van der Waals surface area contributed by atoms with Gasteiger partial charge in [0, 0.05) is 31.9 Å². The van der Waals surface area contributed by atoms with E-state index < -0.39 is 9.84 Å². The second-order valence-corrected chi connectivity index (χ2v) is 7.45. The molecular formula is C15H26N2O2S. The summed E-state index contributed by atoms with van der Waals surface area (Å²) in [4.78, 5) is 2.53. The molecule has 0 spiro atoms. The van der Waals surface area contributed by atoms with Crippen molar-refractivity contribution in [3.63, 3.8) is 0 Å². The Morgan fingerprint density at radius 1 is 1.20 bits per heavy atom. The second kappa shape index (κ2) is 7.64. The summed E-state index contributed by atoms with van der Waals surface area (Å²) in [6.45, 7) is 7.91. The SMILES string of the molecule is CCCS(=O)(=O)c1ccc(N(C)CCNC(C)C)cc1. The third kappa shape index (κ3) is 5.13. The van der Waals surface area contributed by atoms with E-state index in [1.165, 1.54) is 0 Å². The van der Waals surface area contributed by atoms with Crippen LogP contribution in [0.1, 0.15) is 27.2 Å². The van der Waals surface area contributed by atoms with Crippen molar-refractivity contribution in [1.29, 1.82) is 0 Å². The number of nitrogens with one attached hydrogen (secondary N) is 1. The van der Waals surface area contributed by atoms with Gasteiger partial charge in [-0.15, -0.1) is 0 Å². The Morgan fingerprint density at radius 2 is 1.80 bits per heavy atom. The van der Waals surface area contributed by atoms with Crippen LogP contribution >= 0.6 is 0 Å². The third-order valence-corrected chi connectivity index (χ3v) is 5.05. The van der Waals surface area contributed by atoms with E-state index in [9.17, 15) is 8.42 Å². The molecule has 0 aliphatic rings. The van der Waals surface area contributed by atoms with Crippen molar-refractivity contribution in [3.05, 3.63) is 24.3 Å². The van der Waals surface area contributed by atoms with E-state index in [2.05, 4.69) is 24.1 Å². The van der Waals surface area contributed by atoms with E-state index in [1.54, 1.807) is 12.1 Å². The summed E-state index contributed by atoms with van der Waals surface area (Å²) in [5.41, 5.74) is 1.03. The highest BCUT2D eigenvalue weighted by molar-refractivity contribution is 7.91. The van der Waals surface area contributed by atoms with E-state index in [4.69, 9.17) is 0 Å². The molecule has 0 amide bonds. The average Bonchev–Trinajstić information content (AvgIpc) is 2.38. The van der Waals surface area contributed by atoms with Crippen molar-refractivity contribution >= 4 is 15.5 Å². The Morgan fingerprint density at radius 3 is 2.30 bits per heavy atom. The van der Waals surface area contributed by atoms with E-state index in [-0.39, 0.29) is 5.75 Å². The lowest BCUT2D eigenvalue weighted by Crippen LogP contribution is -2.32. The van der Waals surface area contributed by atoms with Gasteiger partial charge in [-0.2, -0.15) is 0 Å².